The number of nitrogens with zero attached hydrogens (tertiary/aromatic N) is 1. The molecule has 3 rings (SSSR count). The van der Waals surface area contributed by atoms with Crippen LogP contribution in [0.15, 0.2) is 42.5 Å². The molecular formula is C19H22N2O. The molecule has 3 nitrogen and oxygen atoms in total. The molecule has 114 valence electrons. The zero-order chi connectivity index (χ0) is 15.7. The number of hydrogen-bond donors (Lipinski definition) is 1. The van der Waals surface area contributed by atoms with Gasteiger partial charge in [-0.15, -0.1) is 0 Å². The van der Waals surface area contributed by atoms with Gasteiger partial charge in [0.1, 0.15) is 0 Å². The molecule has 2 aromatic rings. The van der Waals surface area contributed by atoms with Crippen LogP contribution in [0.4, 0.5) is 11.4 Å². The van der Waals surface area contributed by atoms with E-state index < -0.39 is 0 Å². The van der Waals surface area contributed by atoms with Crippen molar-refractivity contribution in [3.05, 3.63) is 59.2 Å². The Labute approximate surface area is 132 Å². The van der Waals surface area contributed by atoms with Gasteiger partial charge in [-0.1, -0.05) is 30.3 Å². The van der Waals surface area contributed by atoms with Crippen LogP contribution in [0.5, 0.6) is 0 Å². The van der Waals surface area contributed by atoms with Gasteiger partial charge in [0, 0.05) is 17.4 Å². The number of carbonyl (C=O) groups is 1. The highest BCUT2D eigenvalue weighted by molar-refractivity contribution is 5.95. The number of nitrogens with one attached hydrogen (secondary N) is 1. The van der Waals surface area contributed by atoms with Gasteiger partial charge in [0.25, 0.3) is 0 Å². The second kappa shape index (κ2) is 5.84. The summed E-state index contributed by atoms with van der Waals surface area (Å²) in [7, 11) is 0. The normalized spacial score (nSPS) is 16.5. The summed E-state index contributed by atoms with van der Waals surface area (Å²) >= 11 is 0. The quantitative estimate of drug-likeness (QED) is 0.936. The van der Waals surface area contributed by atoms with E-state index in [1.165, 1.54) is 11.3 Å². The van der Waals surface area contributed by atoms with Gasteiger partial charge in [0.2, 0.25) is 5.91 Å². The number of anilines is 2. The lowest BCUT2D eigenvalue weighted by Gasteiger charge is -2.24. The van der Waals surface area contributed by atoms with E-state index in [1.807, 2.05) is 32.0 Å². The van der Waals surface area contributed by atoms with Crippen LogP contribution in [-0.4, -0.2) is 18.5 Å². The van der Waals surface area contributed by atoms with Crippen molar-refractivity contribution in [3.63, 3.8) is 0 Å². The Hall–Kier alpha value is -2.29. The summed E-state index contributed by atoms with van der Waals surface area (Å²) in [6.45, 7) is 6.62. The fourth-order valence-corrected chi connectivity index (χ4v) is 3.09. The van der Waals surface area contributed by atoms with Gasteiger partial charge >= 0.3 is 0 Å². The summed E-state index contributed by atoms with van der Waals surface area (Å²) in [6.07, 6.45) is 1.01. The Bertz CT molecular complexity index is 708. The lowest BCUT2D eigenvalue weighted by molar-refractivity contribution is -0.115. The Morgan fingerprint density at radius 2 is 2.00 bits per heavy atom. The van der Waals surface area contributed by atoms with Crippen LogP contribution in [0.1, 0.15) is 23.6 Å². The molecule has 1 aliphatic heterocycles. The predicted molar refractivity (Wildman–Crippen MR) is 91.5 cm³/mol. The van der Waals surface area contributed by atoms with E-state index in [2.05, 4.69) is 41.4 Å². The number of carbonyl (C=O) groups excluding carboxylic acids is 1. The number of benzene rings is 2. The molecule has 0 aliphatic carbocycles. The van der Waals surface area contributed by atoms with Crippen molar-refractivity contribution < 1.29 is 4.79 Å². The summed E-state index contributed by atoms with van der Waals surface area (Å²) in [5.41, 5.74) is 5.67. The lowest BCUT2D eigenvalue weighted by Crippen LogP contribution is -2.37. The standard InChI is InChI=1S/C19H22N2O/c1-13-8-9-14(2)17(10-13)20-19(22)12-21-15(3)11-16-6-4-5-7-18(16)21/h4-10,15H,11-12H2,1-3H3,(H,20,22)/t15-/m0/s1. The van der Waals surface area contributed by atoms with E-state index in [9.17, 15) is 4.79 Å². The number of rotatable bonds is 3. The van der Waals surface area contributed by atoms with Crippen molar-refractivity contribution in [3.8, 4) is 0 Å². The first-order valence-electron chi connectivity index (χ1n) is 7.76. The Morgan fingerprint density at radius 1 is 1.23 bits per heavy atom. The zero-order valence-corrected chi connectivity index (χ0v) is 13.4. The monoisotopic (exact) mass is 294 g/mol. The van der Waals surface area contributed by atoms with Crippen molar-refractivity contribution in [1.82, 2.24) is 0 Å². The SMILES string of the molecule is Cc1ccc(C)c(NC(=O)CN2c3ccccc3C[C@@H]2C)c1. The minimum absolute atomic E-state index is 0.0391. The van der Waals surface area contributed by atoms with Gasteiger partial charge in [-0.05, 0) is 56.0 Å². The second-order valence-electron chi connectivity index (χ2n) is 6.18. The maximum absolute atomic E-state index is 12.4. The highest BCUT2D eigenvalue weighted by atomic mass is 16.2. The third-order valence-corrected chi connectivity index (χ3v) is 4.33. The van der Waals surface area contributed by atoms with Gasteiger partial charge in [0.05, 0.1) is 6.54 Å². The van der Waals surface area contributed by atoms with E-state index in [-0.39, 0.29) is 5.91 Å². The molecule has 1 heterocycles. The summed E-state index contributed by atoms with van der Waals surface area (Å²) < 4.78 is 0. The zero-order valence-electron chi connectivity index (χ0n) is 13.4. The third-order valence-electron chi connectivity index (χ3n) is 4.33. The molecule has 1 aliphatic rings. The molecule has 0 radical (unpaired) electrons. The molecule has 0 fully saturated rings. The predicted octanol–water partition coefficient (Wildman–Crippen LogP) is 3.69. The highest BCUT2D eigenvalue weighted by Gasteiger charge is 2.27. The minimum Gasteiger partial charge on any atom is -0.359 e. The molecule has 0 unspecified atom stereocenters. The number of para-hydroxylation sites is 1. The van der Waals surface area contributed by atoms with Gasteiger partial charge in [-0.25, -0.2) is 0 Å². The summed E-state index contributed by atoms with van der Waals surface area (Å²) in [5, 5.41) is 3.05. The number of hydrogen-bond acceptors (Lipinski definition) is 2. The van der Waals surface area contributed by atoms with Gasteiger partial charge < -0.3 is 10.2 Å². The molecule has 22 heavy (non-hydrogen) atoms. The molecule has 3 heteroatoms. The molecule has 0 spiro atoms. The number of aryl methyl sites for hydroxylation is 2. The topological polar surface area (TPSA) is 32.3 Å². The Kier molecular flexibility index (Phi) is 3.88. The minimum atomic E-state index is 0.0391. The number of amides is 1. The van der Waals surface area contributed by atoms with E-state index >= 15 is 0 Å². The van der Waals surface area contributed by atoms with Crippen molar-refractivity contribution in [2.24, 2.45) is 0 Å². The van der Waals surface area contributed by atoms with E-state index in [0.29, 0.717) is 12.6 Å². The molecule has 0 saturated heterocycles. The molecule has 0 aromatic heterocycles. The molecule has 2 aromatic carbocycles. The number of fused-ring (bicyclic) bond motifs is 1. The molecule has 1 N–H and O–H groups in total. The van der Waals surface area contributed by atoms with Crippen LogP contribution in [0.3, 0.4) is 0 Å². The Balaban J connectivity index is 1.73. The molecule has 0 saturated carbocycles. The van der Waals surface area contributed by atoms with Crippen LogP contribution in [0.25, 0.3) is 0 Å². The van der Waals surface area contributed by atoms with Crippen LogP contribution in [0.2, 0.25) is 0 Å². The van der Waals surface area contributed by atoms with Crippen molar-refractivity contribution in [2.45, 2.75) is 33.2 Å². The third kappa shape index (κ3) is 2.84. The lowest BCUT2D eigenvalue weighted by atomic mass is 10.1. The first-order chi connectivity index (χ1) is 10.5. The average Bonchev–Trinajstić information content (AvgIpc) is 2.79. The summed E-state index contributed by atoms with van der Waals surface area (Å²) in [4.78, 5) is 14.6. The fourth-order valence-electron chi connectivity index (χ4n) is 3.09. The van der Waals surface area contributed by atoms with Crippen LogP contribution < -0.4 is 10.2 Å². The Morgan fingerprint density at radius 3 is 2.82 bits per heavy atom. The van der Waals surface area contributed by atoms with Gasteiger partial charge in [0.15, 0.2) is 0 Å². The van der Waals surface area contributed by atoms with Crippen LogP contribution in [0, 0.1) is 13.8 Å². The van der Waals surface area contributed by atoms with Crippen LogP contribution in [-0.2, 0) is 11.2 Å². The van der Waals surface area contributed by atoms with Crippen LogP contribution >= 0.6 is 0 Å². The van der Waals surface area contributed by atoms with E-state index in [0.717, 1.165) is 23.2 Å². The second-order valence-corrected chi connectivity index (χ2v) is 6.18. The highest BCUT2D eigenvalue weighted by Crippen LogP contribution is 2.31. The smallest absolute Gasteiger partial charge is 0.243 e. The van der Waals surface area contributed by atoms with Gasteiger partial charge in [-0.3, -0.25) is 4.79 Å². The largest absolute Gasteiger partial charge is 0.359 e. The summed E-state index contributed by atoms with van der Waals surface area (Å²) in [6, 6.07) is 14.8. The van der Waals surface area contributed by atoms with Crippen molar-refractivity contribution in [1.29, 1.82) is 0 Å². The molecular weight excluding hydrogens is 272 g/mol. The van der Waals surface area contributed by atoms with Gasteiger partial charge in [-0.2, -0.15) is 0 Å². The summed E-state index contributed by atoms with van der Waals surface area (Å²) in [5.74, 6) is 0.0391. The molecule has 1 amide bonds. The molecule has 0 bridgehead atoms. The fraction of sp³-hybridized carbons (Fsp3) is 0.316. The van der Waals surface area contributed by atoms with E-state index in [4.69, 9.17) is 0 Å². The van der Waals surface area contributed by atoms with Crippen molar-refractivity contribution in [2.75, 3.05) is 16.8 Å². The maximum Gasteiger partial charge on any atom is 0.243 e. The van der Waals surface area contributed by atoms with E-state index in [1.54, 1.807) is 0 Å². The van der Waals surface area contributed by atoms with Crippen molar-refractivity contribution >= 4 is 17.3 Å². The first kappa shape index (κ1) is 14.6. The first-order valence-corrected chi connectivity index (χ1v) is 7.76. The maximum atomic E-state index is 12.4. The average molecular weight is 294 g/mol. The molecule has 1 atom stereocenters.